The average molecular weight is 358 g/mol. The Labute approximate surface area is 146 Å². The molecule has 0 saturated carbocycles. The summed E-state index contributed by atoms with van der Waals surface area (Å²) < 4.78 is 33.9. The van der Waals surface area contributed by atoms with Gasteiger partial charge in [0.25, 0.3) is 0 Å². The van der Waals surface area contributed by atoms with Gasteiger partial charge in [-0.25, -0.2) is 8.78 Å². The van der Waals surface area contributed by atoms with Gasteiger partial charge in [0.2, 0.25) is 5.16 Å². The molecule has 0 amide bonds. The quantitative estimate of drug-likeness (QED) is 0.718. The van der Waals surface area contributed by atoms with Crippen molar-refractivity contribution in [3.63, 3.8) is 0 Å². The molecule has 0 radical (unpaired) electrons. The van der Waals surface area contributed by atoms with Gasteiger partial charge in [-0.15, -0.1) is 10.2 Å². The third kappa shape index (κ3) is 2.89. The topological polar surface area (TPSA) is 52.3 Å². The maximum atomic E-state index is 14.1. The first kappa shape index (κ1) is 15.8. The fourth-order valence-electron chi connectivity index (χ4n) is 2.50. The van der Waals surface area contributed by atoms with E-state index in [-0.39, 0.29) is 5.56 Å². The van der Waals surface area contributed by atoms with Crippen molar-refractivity contribution in [2.24, 2.45) is 5.10 Å². The van der Waals surface area contributed by atoms with Crippen molar-refractivity contribution < 1.29 is 13.5 Å². The first-order chi connectivity index (χ1) is 12.2. The fraction of sp³-hybridized carbons (Fsp3) is 0.118. The van der Waals surface area contributed by atoms with E-state index < -0.39 is 11.6 Å². The lowest BCUT2D eigenvalue weighted by atomic mass is 10.1. The van der Waals surface area contributed by atoms with Gasteiger partial charge in [-0.1, -0.05) is 11.8 Å². The van der Waals surface area contributed by atoms with Gasteiger partial charge in [0.05, 0.1) is 12.8 Å². The highest BCUT2D eigenvalue weighted by atomic mass is 32.2. The van der Waals surface area contributed by atoms with Crippen LogP contribution in [0.5, 0.6) is 5.75 Å². The average Bonchev–Trinajstić information content (AvgIpc) is 3.05. The summed E-state index contributed by atoms with van der Waals surface area (Å²) in [6.45, 7) is 0. The van der Waals surface area contributed by atoms with Gasteiger partial charge < -0.3 is 4.74 Å². The summed E-state index contributed by atoms with van der Waals surface area (Å²) in [7, 11) is 1.60. The van der Waals surface area contributed by atoms with E-state index in [1.54, 1.807) is 11.8 Å². The van der Waals surface area contributed by atoms with Crippen LogP contribution in [0.1, 0.15) is 5.56 Å². The van der Waals surface area contributed by atoms with Crippen LogP contribution in [0.15, 0.2) is 52.7 Å². The van der Waals surface area contributed by atoms with E-state index in [1.165, 1.54) is 23.9 Å². The zero-order valence-electron chi connectivity index (χ0n) is 13.1. The minimum absolute atomic E-state index is 0.272. The van der Waals surface area contributed by atoms with E-state index in [1.807, 2.05) is 24.3 Å². The number of halogens is 2. The first-order valence-electron chi connectivity index (χ1n) is 7.41. The third-order valence-electron chi connectivity index (χ3n) is 3.76. The molecule has 126 valence electrons. The standard InChI is InChI=1S/C17H12F2N4OS/c1-24-12-5-2-10(3-6-12)16-20-21-17-23(16)22-15(9-25-17)13-7-4-11(18)8-14(13)19/h2-8H,9H2,1H3. The number of hydrogen-bond donors (Lipinski definition) is 0. The summed E-state index contributed by atoms with van der Waals surface area (Å²) in [5.74, 6) is 0.457. The maximum absolute atomic E-state index is 14.1. The van der Waals surface area contributed by atoms with Crippen molar-refractivity contribution in [2.75, 3.05) is 12.9 Å². The highest BCUT2D eigenvalue weighted by Crippen LogP contribution is 2.29. The van der Waals surface area contributed by atoms with Crippen LogP contribution in [-0.4, -0.2) is 33.4 Å². The molecule has 0 spiro atoms. The Morgan fingerprint density at radius 3 is 2.60 bits per heavy atom. The van der Waals surface area contributed by atoms with Crippen LogP contribution in [0.3, 0.4) is 0 Å². The Bertz CT molecular complexity index is 969. The van der Waals surface area contributed by atoms with Crippen molar-refractivity contribution in [2.45, 2.75) is 5.16 Å². The second-order valence-electron chi connectivity index (χ2n) is 5.31. The second kappa shape index (κ2) is 6.29. The number of aromatic nitrogens is 3. The number of rotatable bonds is 3. The van der Waals surface area contributed by atoms with Gasteiger partial charge in [-0.05, 0) is 36.4 Å². The maximum Gasteiger partial charge on any atom is 0.212 e. The van der Waals surface area contributed by atoms with Gasteiger partial charge in [0.15, 0.2) is 5.82 Å². The number of fused-ring (bicyclic) bond motifs is 1. The van der Waals surface area contributed by atoms with Crippen LogP contribution < -0.4 is 4.74 Å². The zero-order valence-corrected chi connectivity index (χ0v) is 13.9. The zero-order chi connectivity index (χ0) is 17.4. The van der Waals surface area contributed by atoms with Crippen molar-refractivity contribution in [3.05, 3.63) is 59.7 Å². The predicted molar refractivity (Wildman–Crippen MR) is 91.0 cm³/mol. The van der Waals surface area contributed by atoms with Gasteiger partial charge in [0.1, 0.15) is 17.4 Å². The second-order valence-corrected chi connectivity index (χ2v) is 6.25. The molecular weight excluding hydrogens is 346 g/mol. The number of nitrogens with zero attached hydrogens (tertiary/aromatic N) is 4. The number of hydrogen-bond acceptors (Lipinski definition) is 5. The van der Waals surface area contributed by atoms with Crippen LogP contribution in [0.4, 0.5) is 8.78 Å². The van der Waals surface area contributed by atoms with E-state index in [9.17, 15) is 8.78 Å². The lowest BCUT2D eigenvalue weighted by Gasteiger charge is -2.14. The molecule has 1 aromatic heterocycles. The summed E-state index contributed by atoms with van der Waals surface area (Å²) in [4.78, 5) is 0. The van der Waals surface area contributed by atoms with E-state index in [0.717, 1.165) is 17.4 Å². The number of benzene rings is 2. The molecule has 2 heterocycles. The monoisotopic (exact) mass is 358 g/mol. The molecule has 4 rings (SSSR count). The highest BCUT2D eigenvalue weighted by Gasteiger charge is 2.22. The molecule has 0 unspecified atom stereocenters. The normalized spacial score (nSPS) is 13.3. The number of ether oxygens (including phenoxy) is 1. The molecule has 0 saturated heterocycles. The van der Waals surface area contributed by atoms with Crippen LogP contribution in [0.25, 0.3) is 11.4 Å². The number of thioether (sulfide) groups is 1. The van der Waals surface area contributed by atoms with Crippen molar-refractivity contribution in [1.29, 1.82) is 0 Å². The Hall–Kier alpha value is -2.74. The highest BCUT2D eigenvalue weighted by molar-refractivity contribution is 7.99. The molecule has 8 heteroatoms. The molecule has 3 aromatic rings. The van der Waals surface area contributed by atoms with Crippen LogP contribution in [-0.2, 0) is 0 Å². The predicted octanol–water partition coefficient (Wildman–Crippen LogP) is 3.59. The SMILES string of the molecule is COc1ccc(-c2nnc3n2N=C(c2ccc(F)cc2F)CS3)cc1. The van der Waals surface area contributed by atoms with Gasteiger partial charge in [-0.2, -0.15) is 9.78 Å². The molecule has 25 heavy (non-hydrogen) atoms. The lowest BCUT2D eigenvalue weighted by molar-refractivity contribution is 0.415. The largest absolute Gasteiger partial charge is 0.497 e. The molecule has 0 N–H and O–H groups in total. The van der Waals surface area contributed by atoms with Crippen LogP contribution in [0, 0.1) is 11.6 Å². The minimum atomic E-state index is -0.637. The molecular formula is C17H12F2N4OS. The Morgan fingerprint density at radius 1 is 1.08 bits per heavy atom. The molecule has 2 aromatic carbocycles. The molecule has 0 fully saturated rings. The van der Waals surface area contributed by atoms with Gasteiger partial charge in [-0.3, -0.25) is 0 Å². The smallest absolute Gasteiger partial charge is 0.212 e. The van der Waals surface area contributed by atoms with E-state index in [0.29, 0.717) is 22.4 Å². The number of methoxy groups -OCH3 is 1. The van der Waals surface area contributed by atoms with Crippen LogP contribution in [0.2, 0.25) is 0 Å². The molecule has 1 aliphatic rings. The Kier molecular flexibility index (Phi) is 3.96. The fourth-order valence-corrected chi connectivity index (χ4v) is 3.33. The summed E-state index contributed by atoms with van der Waals surface area (Å²) in [6, 6.07) is 10.8. The van der Waals surface area contributed by atoms with Gasteiger partial charge >= 0.3 is 0 Å². The minimum Gasteiger partial charge on any atom is -0.497 e. The summed E-state index contributed by atoms with van der Waals surface area (Å²) >= 11 is 1.40. The molecule has 0 bridgehead atoms. The van der Waals surface area contributed by atoms with E-state index >= 15 is 0 Å². The van der Waals surface area contributed by atoms with Crippen LogP contribution >= 0.6 is 11.8 Å². The van der Waals surface area contributed by atoms with E-state index in [4.69, 9.17) is 4.74 Å². The van der Waals surface area contributed by atoms with Gasteiger partial charge in [0, 0.05) is 22.9 Å². The molecule has 1 aliphatic heterocycles. The van der Waals surface area contributed by atoms with Crippen molar-refractivity contribution in [3.8, 4) is 17.1 Å². The van der Waals surface area contributed by atoms with E-state index in [2.05, 4.69) is 15.3 Å². The Balaban J connectivity index is 1.77. The third-order valence-corrected chi connectivity index (χ3v) is 4.69. The van der Waals surface area contributed by atoms with Crippen molar-refractivity contribution in [1.82, 2.24) is 14.9 Å². The summed E-state index contributed by atoms with van der Waals surface area (Å²) in [5.41, 5.74) is 1.59. The molecule has 0 atom stereocenters. The summed E-state index contributed by atoms with van der Waals surface area (Å²) in [5, 5.41) is 13.4. The lowest BCUT2D eigenvalue weighted by Crippen LogP contribution is -2.15. The Morgan fingerprint density at radius 2 is 1.88 bits per heavy atom. The first-order valence-corrected chi connectivity index (χ1v) is 8.40. The molecule has 5 nitrogen and oxygen atoms in total. The summed E-state index contributed by atoms with van der Waals surface area (Å²) in [6.07, 6.45) is 0. The van der Waals surface area contributed by atoms with Crippen molar-refractivity contribution >= 4 is 17.5 Å². The molecule has 0 aliphatic carbocycles.